The second-order valence-corrected chi connectivity index (χ2v) is 15.6. The fourth-order valence-corrected chi connectivity index (χ4v) is 8.33. The maximum atomic E-state index is 12.1. The summed E-state index contributed by atoms with van der Waals surface area (Å²) in [6.45, 7) is 20.3. The first-order valence-electron chi connectivity index (χ1n) is 15.6. The Hall–Kier alpha value is -2.28. The Morgan fingerprint density at radius 3 is 2.29 bits per heavy atom. The van der Waals surface area contributed by atoms with Gasteiger partial charge in [0.1, 0.15) is 0 Å². The normalized spacial score (nSPS) is 28.1. The van der Waals surface area contributed by atoms with Gasteiger partial charge in [-0.15, -0.1) is 11.8 Å². The van der Waals surface area contributed by atoms with Crippen molar-refractivity contribution in [2.24, 2.45) is 28.4 Å². The summed E-state index contributed by atoms with van der Waals surface area (Å²) in [5.74, 6) is 1.35. The average molecular weight is 600 g/mol. The van der Waals surface area contributed by atoms with Crippen LogP contribution < -0.4 is 15.2 Å². The monoisotopic (exact) mass is 599 g/mol. The summed E-state index contributed by atoms with van der Waals surface area (Å²) < 4.78 is 11.4. The minimum Gasteiger partial charge on any atom is -0.423 e. The molecule has 0 aromatic heterocycles. The van der Waals surface area contributed by atoms with E-state index >= 15 is 0 Å². The second kappa shape index (κ2) is 13.2. The fraction of sp³-hybridized carbons (Fsp3) is 0.686. The van der Waals surface area contributed by atoms with Crippen molar-refractivity contribution in [1.29, 1.82) is 0 Å². The van der Waals surface area contributed by atoms with Crippen LogP contribution in [0.4, 0.5) is 0 Å². The molecule has 0 bridgehead atoms. The highest BCUT2D eigenvalue weighted by Gasteiger charge is 2.44. The number of fused-ring (bicyclic) bond motifs is 3. The molecule has 1 fully saturated rings. The highest BCUT2D eigenvalue weighted by atomic mass is 32.2. The van der Waals surface area contributed by atoms with Crippen LogP contribution in [0.2, 0.25) is 0 Å². The van der Waals surface area contributed by atoms with Crippen LogP contribution >= 0.6 is 11.8 Å². The molecule has 1 saturated carbocycles. The predicted octanol–water partition coefficient (Wildman–Crippen LogP) is 8.37. The molecule has 0 aliphatic heterocycles. The number of esters is 2. The molecule has 1 aromatic rings. The Labute approximate surface area is 257 Å². The second-order valence-electron chi connectivity index (χ2n) is 14.2. The zero-order valence-electron chi connectivity index (χ0n) is 27.6. The number of carbonyl (C=O) groups is 3. The van der Waals surface area contributed by atoms with Gasteiger partial charge in [-0.25, -0.2) is 0 Å². The van der Waals surface area contributed by atoms with Gasteiger partial charge in [-0.3, -0.25) is 14.4 Å². The van der Waals surface area contributed by atoms with Crippen molar-refractivity contribution < 1.29 is 23.9 Å². The number of nitrogens with two attached hydrogens (primary N) is 1. The molecule has 0 heterocycles. The molecule has 5 atom stereocenters. The first kappa shape index (κ1) is 34.2. The van der Waals surface area contributed by atoms with Crippen LogP contribution in [0.25, 0.3) is 0 Å². The Morgan fingerprint density at radius 2 is 1.71 bits per heavy atom. The van der Waals surface area contributed by atoms with Crippen molar-refractivity contribution in [3.05, 3.63) is 34.4 Å². The summed E-state index contributed by atoms with van der Waals surface area (Å²) in [4.78, 5) is 36.3. The topological polar surface area (TPSA) is 95.7 Å². The third kappa shape index (κ3) is 7.43. The summed E-state index contributed by atoms with van der Waals surface area (Å²) in [7, 11) is 0. The lowest BCUT2D eigenvalue weighted by molar-refractivity contribution is -0.134. The van der Waals surface area contributed by atoms with Gasteiger partial charge in [-0.2, -0.15) is 0 Å². The first-order valence-corrected chi connectivity index (χ1v) is 16.7. The van der Waals surface area contributed by atoms with E-state index in [1.54, 1.807) is 0 Å². The van der Waals surface area contributed by atoms with Crippen molar-refractivity contribution in [2.75, 3.05) is 5.75 Å². The number of thioether (sulfide) groups is 1. The van der Waals surface area contributed by atoms with E-state index in [1.807, 2.05) is 38.6 Å². The standard InChI is InChI=1S/C35H53NO5S/c1-11-42-29-19-26-22(3)13-14-34(9,17-16-33(7,8)32(36)39)20-21(2)12-15-35(26,10)27-18-28(40-24(5)37)31(41-25(6)38)23(4)30(27)29/h18-19,21-22,29H,11-17,20H2,1-10H3,(H2,36,39)/t21-,22+,29?,34+,35-/m1/s1. The third-order valence-electron chi connectivity index (χ3n) is 9.94. The van der Waals surface area contributed by atoms with Gasteiger partial charge in [0.25, 0.3) is 0 Å². The molecule has 1 unspecified atom stereocenters. The van der Waals surface area contributed by atoms with Crippen molar-refractivity contribution in [2.45, 2.75) is 125 Å². The highest BCUT2D eigenvalue weighted by molar-refractivity contribution is 7.99. The van der Waals surface area contributed by atoms with Gasteiger partial charge < -0.3 is 15.2 Å². The predicted molar refractivity (Wildman–Crippen MR) is 172 cm³/mol. The van der Waals surface area contributed by atoms with E-state index in [1.165, 1.54) is 30.5 Å². The zero-order valence-corrected chi connectivity index (χ0v) is 28.4. The molecule has 7 heteroatoms. The summed E-state index contributed by atoms with van der Waals surface area (Å²) in [6.07, 6.45) is 9.53. The molecule has 0 spiro atoms. The number of rotatable bonds is 8. The summed E-state index contributed by atoms with van der Waals surface area (Å²) in [5.41, 5.74) is 9.78. The fourth-order valence-electron chi connectivity index (χ4n) is 7.26. The zero-order chi connectivity index (χ0) is 31.6. The number of hydrogen-bond acceptors (Lipinski definition) is 6. The van der Waals surface area contributed by atoms with Gasteiger partial charge >= 0.3 is 11.9 Å². The van der Waals surface area contributed by atoms with Crippen molar-refractivity contribution in [3.63, 3.8) is 0 Å². The largest absolute Gasteiger partial charge is 0.423 e. The van der Waals surface area contributed by atoms with Crippen LogP contribution in [0.5, 0.6) is 11.5 Å². The number of ether oxygens (including phenoxy) is 2. The van der Waals surface area contributed by atoms with E-state index in [4.69, 9.17) is 15.2 Å². The highest BCUT2D eigenvalue weighted by Crippen LogP contribution is 2.57. The lowest BCUT2D eigenvalue weighted by Gasteiger charge is -2.46. The van der Waals surface area contributed by atoms with Crippen molar-refractivity contribution in [1.82, 2.24) is 0 Å². The van der Waals surface area contributed by atoms with Gasteiger partial charge in [-0.05, 0) is 92.1 Å². The van der Waals surface area contributed by atoms with Crippen LogP contribution in [-0.2, 0) is 19.8 Å². The minimum atomic E-state index is -0.506. The Morgan fingerprint density at radius 1 is 1.07 bits per heavy atom. The Bertz CT molecular complexity index is 1240. The van der Waals surface area contributed by atoms with Crippen molar-refractivity contribution >= 4 is 29.6 Å². The molecule has 42 heavy (non-hydrogen) atoms. The summed E-state index contributed by atoms with van der Waals surface area (Å²) in [6, 6.07) is 1.98. The molecule has 234 valence electrons. The summed E-state index contributed by atoms with van der Waals surface area (Å²) in [5, 5.41) is 0.110. The SMILES string of the molecule is CCSC1C=C2[C@@H](C)CC[C@@](C)(CCC(C)(C)C(N)=O)C[C@H](C)CC[C@@]2(C)c2cc(OC(C)=O)c(OC(C)=O)c(C)c21. The van der Waals surface area contributed by atoms with Gasteiger partial charge in [-0.1, -0.05) is 60.1 Å². The van der Waals surface area contributed by atoms with Crippen LogP contribution in [0.3, 0.4) is 0 Å². The molecule has 3 rings (SSSR count). The van der Waals surface area contributed by atoms with Gasteiger partial charge in [0.2, 0.25) is 5.91 Å². The molecular weight excluding hydrogens is 546 g/mol. The minimum absolute atomic E-state index is 0.110. The van der Waals surface area contributed by atoms with Crippen LogP contribution in [0.15, 0.2) is 17.7 Å². The molecule has 1 aromatic carbocycles. The maximum Gasteiger partial charge on any atom is 0.308 e. The van der Waals surface area contributed by atoms with Gasteiger partial charge in [0.05, 0.1) is 0 Å². The molecule has 2 aliphatic rings. The number of carbonyl (C=O) groups excluding carboxylic acids is 3. The number of primary amides is 1. The number of allylic oxidation sites excluding steroid dienone is 1. The van der Waals surface area contributed by atoms with Crippen LogP contribution in [0.1, 0.15) is 129 Å². The Kier molecular flexibility index (Phi) is 10.7. The number of amides is 1. The lowest BCUT2D eigenvalue weighted by Crippen LogP contribution is -2.37. The smallest absolute Gasteiger partial charge is 0.308 e. The van der Waals surface area contributed by atoms with E-state index in [0.29, 0.717) is 23.3 Å². The molecular formula is C35H53NO5S. The Balaban J connectivity index is 2.12. The molecule has 6 nitrogen and oxygen atoms in total. The lowest BCUT2D eigenvalue weighted by atomic mass is 9.60. The number of hydrogen-bond donors (Lipinski definition) is 1. The van der Waals surface area contributed by atoms with E-state index < -0.39 is 17.4 Å². The molecule has 0 radical (unpaired) electrons. The number of benzene rings is 1. The first-order chi connectivity index (χ1) is 19.4. The van der Waals surface area contributed by atoms with Crippen LogP contribution in [-0.4, -0.2) is 23.6 Å². The molecule has 2 N–H and O–H groups in total. The van der Waals surface area contributed by atoms with Gasteiger partial charge in [0, 0.05) is 35.5 Å². The molecule has 1 amide bonds. The average Bonchev–Trinajstić information content (AvgIpc) is 2.88. The van der Waals surface area contributed by atoms with Crippen molar-refractivity contribution in [3.8, 4) is 11.5 Å². The molecule has 0 saturated heterocycles. The van der Waals surface area contributed by atoms with E-state index in [2.05, 4.69) is 40.7 Å². The quantitative estimate of drug-likeness (QED) is 0.183. The maximum absolute atomic E-state index is 12.1. The summed E-state index contributed by atoms with van der Waals surface area (Å²) >= 11 is 1.88. The van der Waals surface area contributed by atoms with Gasteiger partial charge in [0.15, 0.2) is 11.5 Å². The third-order valence-corrected chi connectivity index (χ3v) is 11.0. The van der Waals surface area contributed by atoms with E-state index in [-0.39, 0.29) is 22.0 Å². The van der Waals surface area contributed by atoms with E-state index in [0.717, 1.165) is 56.3 Å². The van der Waals surface area contributed by atoms with E-state index in [9.17, 15) is 14.4 Å². The molecule has 2 aliphatic carbocycles. The van der Waals surface area contributed by atoms with Crippen LogP contribution in [0, 0.1) is 29.6 Å².